The highest BCUT2D eigenvalue weighted by Gasteiger charge is 2.13. The van der Waals surface area contributed by atoms with Gasteiger partial charge >= 0.3 is 0 Å². The van der Waals surface area contributed by atoms with Crippen molar-refractivity contribution >= 4 is 17.8 Å². The second-order valence-corrected chi connectivity index (χ2v) is 4.69. The summed E-state index contributed by atoms with van der Waals surface area (Å²) in [5.74, 6) is 1.86. The first kappa shape index (κ1) is 17.0. The molecule has 0 aliphatic carbocycles. The Labute approximate surface area is 127 Å². The summed E-state index contributed by atoms with van der Waals surface area (Å²) in [6.45, 7) is 9.36. The molecule has 1 aromatic rings. The Bertz CT molecular complexity index is 465. The molecule has 0 amide bonds. The van der Waals surface area contributed by atoms with Crippen LogP contribution in [-0.2, 0) is 0 Å². The lowest BCUT2D eigenvalue weighted by Gasteiger charge is -2.22. The van der Waals surface area contributed by atoms with Crippen LogP contribution in [0.3, 0.4) is 0 Å². The smallest absolute Gasteiger partial charge is 0.231 e. The van der Waals surface area contributed by atoms with Crippen molar-refractivity contribution in [1.82, 2.24) is 15.0 Å². The van der Waals surface area contributed by atoms with E-state index in [9.17, 15) is 0 Å². The lowest BCUT2D eigenvalue weighted by molar-refractivity contribution is 0.789. The largest absolute Gasteiger partial charge is 0.354 e. The number of nitriles is 1. The number of nitrogens with zero attached hydrogens (tertiary/aromatic N) is 6. The van der Waals surface area contributed by atoms with E-state index in [0.717, 1.165) is 26.1 Å². The summed E-state index contributed by atoms with van der Waals surface area (Å²) in [4.78, 5) is 17.4. The van der Waals surface area contributed by atoms with Crippen molar-refractivity contribution in [3.8, 4) is 6.07 Å². The molecule has 1 rings (SSSR count). The minimum atomic E-state index is 0.445. The third-order valence-corrected chi connectivity index (χ3v) is 3.09. The van der Waals surface area contributed by atoms with Gasteiger partial charge in [0.1, 0.15) is 0 Å². The molecule has 0 unspecified atom stereocenters. The molecule has 0 aliphatic heterocycles. The first-order valence-electron chi connectivity index (χ1n) is 7.49. The molecular weight excluding hydrogens is 266 g/mol. The predicted molar refractivity (Wildman–Crippen MR) is 85.7 cm³/mol. The number of aromatic nitrogens is 3. The Balaban J connectivity index is 3.05. The Hall–Kier alpha value is -2.10. The SMILES string of the molecule is CCCNc1nc(N(C)CCC#N)nc(N(CC)CC)n1. The van der Waals surface area contributed by atoms with Crippen LogP contribution in [0.2, 0.25) is 0 Å². The van der Waals surface area contributed by atoms with Crippen molar-refractivity contribution in [2.45, 2.75) is 33.6 Å². The summed E-state index contributed by atoms with van der Waals surface area (Å²) in [7, 11) is 1.89. The maximum absolute atomic E-state index is 8.70. The molecule has 21 heavy (non-hydrogen) atoms. The second kappa shape index (κ2) is 8.95. The summed E-state index contributed by atoms with van der Waals surface area (Å²) in [5.41, 5.74) is 0. The standard InChI is InChI=1S/C14H25N7/c1-5-10-16-12-17-13(20(4)11-8-9-15)19-14(18-12)21(6-2)7-3/h5-8,10-11H2,1-4H3,(H,16,17,18,19). The van der Waals surface area contributed by atoms with Crippen LogP contribution in [0.5, 0.6) is 0 Å². The van der Waals surface area contributed by atoms with Crippen molar-refractivity contribution in [1.29, 1.82) is 5.26 Å². The van der Waals surface area contributed by atoms with Crippen LogP contribution in [-0.4, -0.2) is 48.2 Å². The molecular formula is C14H25N7. The Kier molecular flexibility index (Phi) is 7.23. The highest BCUT2D eigenvalue weighted by molar-refractivity contribution is 5.44. The minimum absolute atomic E-state index is 0.445. The Morgan fingerprint density at radius 2 is 1.76 bits per heavy atom. The van der Waals surface area contributed by atoms with Gasteiger partial charge in [0.2, 0.25) is 17.8 Å². The molecule has 0 saturated carbocycles. The summed E-state index contributed by atoms with van der Waals surface area (Å²) in [6.07, 6.45) is 1.45. The number of hydrogen-bond acceptors (Lipinski definition) is 7. The topological polar surface area (TPSA) is 81.0 Å². The van der Waals surface area contributed by atoms with Crippen molar-refractivity contribution in [3.05, 3.63) is 0 Å². The molecule has 1 aromatic heterocycles. The maximum Gasteiger partial charge on any atom is 0.231 e. The van der Waals surface area contributed by atoms with Crippen LogP contribution < -0.4 is 15.1 Å². The van der Waals surface area contributed by atoms with Gasteiger partial charge in [-0.25, -0.2) is 0 Å². The highest BCUT2D eigenvalue weighted by Crippen LogP contribution is 2.16. The van der Waals surface area contributed by atoms with E-state index in [1.165, 1.54) is 0 Å². The van der Waals surface area contributed by atoms with Crippen molar-refractivity contribution in [2.24, 2.45) is 0 Å². The third-order valence-electron chi connectivity index (χ3n) is 3.09. The fraction of sp³-hybridized carbons (Fsp3) is 0.714. The van der Waals surface area contributed by atoms with Gasteiger partial charge in [-0.15, -0.1) is 0 Å². The molecule has 0 bridgehead atoms. The molecule has 7 nitrogen and oxygen atoms in total. The predicted octanol–water partition coefficient (Wildman–Crippen LogP) is 1.89. The third kappa shape index (κ3) is 5.06. The average Bonchev–Trinajstić information content (AvgIpc) is 2.51. The molecule has 0 aliphatic rings. The van der Waals surface area contributed by atoms with Gasteiger partial charge in [-0.2, -0.15) is 20.2 Å². The quantitative estimate of drug-likeness (QED) is 0.744. The molecule has 7 heteroatoms. The van der Waals surface area contributed by atoms with Crippen LogP contribution in [0.4, 0.5) is 17.8 Å². The summed E-state index contributed by atoms with van der Waals surface area (Å²) >= 11 is 0. The zero-order valence-electron chi connectivity index (χ0n) is 13.4. The van der Waals surface area contributed by atoms with Gasteiger partial charge in [0.15, 0.2) is 0 Å². The monoisotopic (exact) mass is 291 g/mol. The van der Waals surface area contributed by atoms with Crippen molar-refractivity contribution in [2.75, 3.05) is 48.3 Å². The normalized spacial score (nSPS) is 10.0. The van der Waals surface area contributed by atoms with E-state index in [1.54, 1.807) is 0 Å². The van der Waals surface area contributed by atoms with Crippen LogP contribution in [0, 0.1) is 11.3 Å². The van der Waals surface area contributed by atoms with Crippen LogP contribution in [0.15, 0.2) is 0 Å². The van der Waals surface area contributed by atoms with E-state index >= 15 is 0 Å². The van der Waals surface area contributed by atoms with E-state index < -0.39 is 0 Å². The van der Waals surface area contributed by atoms with Gasteiger partial charge in [0.25, 0.3) is 0 Å². The van der Waals surface area contributed by atoms with E-state index in [0.29, 0.717) is 30.8 Å². The molecule has 0 radical (unpaired) electrons. The number of anilines is 3. The van der Waals surface area contributed by atoms with E-state index in [1.807, 2.05) is 11.9 Å². The van der Waals surface area contributed by atoms with Gasteiger partial charge in [-0.3, -0.25) is 0 Å². The minimum Gasteiger partial charge on any atom is -0.354 e. The lowest BCUT2D eigenvalue weighted by Crippen LogP contribution is -2.28. The number of nitrogens with one attached hydrogen (secondary N) is 1. The van der Waals surface area contributed by atoms with E-state index in [2.05, 4.69) is 52.0 Å². The molecule has 1 heterocycles. The summed E-state index contributed by atoms with van der Waals surface area (Å²) in [6, 6.07) is 2.14. The van der Waals surface area contributed by atoms with Gasteiger partial charge in [-0.1, -0.05) is 6.92 Å². The Morgan fingerprint density at radius 1 is 1.10 bits per heavy atom. The van der Waals surface area contributed by atoms with Crippen LogP contribution in [0.1, 0.15) is 33.6 Å². The second-order valence-electron chi connectivity index (χ2n) is 4.69. The molecule has 0 saturated heterocycles. The molecule has 0 atom stereocenters. The lowest BCUT2D eigenvalue weighted by atomic mass is 10.4. The first-order valence-corrected chi connectivity index (χ1v) is 7.49. The zero-order chi connectivity index (χ0) is 15.7. The molecule has 0 spiro atoms. The van der Waals surface area contributed by atoms with Gasteiger partial charge in [-0.05, 0) is 20.3 Å². The summed E-state index contributed by atoms with van der Waals surface area (Å²) in [5, 5.41) is 11.9. The fourth-order valence-corrected chi connectivity index (χ4v) is 1.81. The molecule has 116 valence electrons. The van der Waals surface area contributed by atoms with E-state index in [-0.39, 0.29) is 0 Å². The van der Waals surface area contributed by atoms with Crippen LogP contribution in [0.25, 0.3) is 0 Å². The first-order chi connectivity index (χ1) is 10.2. The number of hydrogen-bond donors (Lipinski definition) is 1. The highest BCUT2D eigenvalue weighted by atomic mass is 15.4. The van der Waals surface area contributed by atoms with Gasteiger partial charge in [0, 0.05) is 33.2 Å². The fourth-order valence-electron chi connectivity index (χ4n) is 1.81. The zero-order valence-corrected chi connectivity index (χ0v) is 13.4. The maximum atomic E-state index is 8.70. The molecule has 1 N–H and O–H groups in total. The van der Waals surface area contributed by atoms with Crippen LogP contribution >= 0.6 is 0 Å². The van der Waals surface area contributed by atoms with Crippen molar-refractivity contribution < 1.29 is 0 Å². The Morgan fingerprint density at radius 3 is 2.33 bits per heavy atom. The molecule has 0 aromatic carbocycles. The van der Waals surface area contributed by atoms with Gasteiger partial charge < -0.3 is 15.1 Å². The number of rotatable bonds is 9. The van der Waals surface area contributed by atoms with E-state index in [4.69, 9.17) is 5.26 Å². The van der Waals surface area contributed by atoms with Crippen molar-refractivity contribution in [3.63, 3.8) is 0 Å². The average molecular weight is 291 g/mol. The summed E-state index contributed by atoms with van der Waals surface area (Å²) < 4.78 is 0. The molecule has 0 fully saturated rings. The van der Waals surface area contributed by atoms with Gasteiger partial charge in [0.05, 0.1) is 12.5 Å².